The molecule has 0 radical (unpaired) electrons. The normalized spacial score (nSPS) is 21.8. The smallest absolute Gasteiger partial charge is 0.331 e. The standard InChI is InChI=1S/C16H20N2O3/c1-12-5-4-8-17(9-12)15(19)10-18-11-16(20)21-14-7-3-2-6-13(14)18/h2-3,6-7,12H,4-5,8-11H2,1H3. The Balaban J connectivity index is 1.72. The highest BCUT2D eigenvalue weighted by Gasteiger charge is 2.28. The lowest BCUT2D eigenvalue weighted by atomic mass is 10.0. The third kappa shape index (κ3) is 3.01. The van der Waals surface area contributed by atoms with E-state index in [9.17, 15) is 9.59 Å². The molecule has 0 N–H and O–H groups in total. The molecule has 1 unspecified atom stereocenters. The van der Waals surface area contributed by atoms with Gasteiger partial charge in [0.2, 0.25) is 5.91 Å². The van der Waals surface area contributed by atoms with Crippen molar-refractivity contribution in [3.05, 3.63) is 24.3 Å². The number of anilines is 1. The third-order valence-corrected chi connectivity index (χ3v) is 4.09. The molecule has 5 heteroatoms. The molecular weight excluding hydrogens is 268 g/mol. The molecule has 2 heterocycles. The molecule has 1 saturated heterocycles. The molecule has 21 heavy (non-hydrogen) atoms. The lowest BCUT2D eigenvalue weighted by Crippen LogP contribution is -2.47. The number of hydrogen-bond donors (Lipinski definition) is 0. The van der Waals surface area contributed by atoms with Crippen molar-refractivity contribution in [3.8, 4) is 5.75 Å². The second kappa shape index (κ2) is 5.76. The molecule has 1 atom stereocenters. The summed E-state index contributed by atoms with van der Waals surface area (Å²) < 4.78 is 5.20. The van der Waals surface area contributed by atoms with E-state index in [0.717, 1.165) is 25.2 Å². The maximum absolute atomic E-state index is 12.5. The number of piperidine rings is 1. The minimum atomic E-state index is -0.312. The number of fused-ring (bicyclic) bond motifs is 1. The number of benzene rings is 1. The van der Waals surface area contributed by atoms with Crippen molar-refractivity contribution in [1.29, 1.82) is 0 Å². The molecule has 1 aromatic rings. The average Bonchev–Trinajstić information content (AvgIpc) is 2.47. The summed E-state index contributed by atoms with van der Waals surface area (Å²) in [5.41, 5.74) is 0.815. The van der Waals surface area contributed by atoms with E-state index in [1.54, 1.807) is 6.07 Å². The molecule has 1 amide bonds. The number of rotatable bonds is 2. The van der Waals surface area contributed by atoms with Gasteiger partial charge in [-0.3, -0.25) is 4.79 Å². The molecule has 0 saturated carbocycles. The first kappa shape index (κ1) is 13.9. The van der Waals surface area contributed by atoms with Crippen LogP contribution in [-0.2, 0) is 9.59 Å². The van der Waals surface area contributed by atoms with Crippen LogP contribution in [0.4, 0.5) is 5.69 Å². The van der Waals surface area contributed by atoms with Crippen molar-refractivity contribution in [3.63, 3.8) is 0 Å². The van der Waals surface area contributed by atoms with Gasteiger partial charge in [0.05, 0.1) is 12.2 Å². The van der Waals surface area contributed by atoms with Gasteiger partial charge in [0.15, 0.2) is 5.75 Å². The largest absolute Gasteiger partial charge is 0.423 e. The molecule has 0 aromatic heterocycles. The van der Waals surface area contributed by atoms with E-state index in [0.29, 0.717) is 11.7 Å². The van der Waals surface area contributed by atoms with E-state index in [-0.39, 0.29) is 25.0 Å². The third-order valence-electron chi connectivity index (χ3n) is 4.09. The van der Waals surface area contributed by atoms with E-state index in [1.165, 1.54) is 6.42 Å². The Kier molecular flexibility index (Phi) is 3.82. The Bertz CT molecular complexity index is 558. The first-order valence-corrected chi connectivity index (χ1v) is 7.46. The Morgan fingerprint density at radius 3 is 3.00 bits per heavy atom. The highest BCUT2D eigenvalue weighted by Crippen LogP contribution is 2.31. The number of esters is 1. The highest BCUT2D eigenvalue weighted by molar-refractivity contribution is 5.89. The Morgan fingerprint density at radius 2 is 2.19 bits per heavy atom. The summed E-state index contributed by atoms with van der Waals surface area (Å²) in [6.07, 6.45) is 2.24. The summed E-state index contributed by atoms with van der Waals surface area (Å²) in [4.78, 5) is 27.8. The Hall–Kier alpha value is -2.04. The molecule has 2 aliphatic heterocycles. The second-order valence-corrected chi connectivity index (χ2v) is 5.89. The summed E-state index contributed by atoms with van der Waals surface area (Å²) in [6, 6.07) is 7.35. The topological polar surface area (TPSA) is 49.9 Å². The summed E-state index contributed by atoms with van der Waals surface area (Å²) in [5, 5.41) is 0. The number of nitrogens with zero attached hydrogens (tertiary/aromatic N) is 2. The van der Waals surface area contributed by atoms with E-state index in [4.69, 9.17) is 4.74 Å². The molecule has 0 aliphatic carbocycles. The number of likely N-dealkylation sites (tertiary alicyclic amines) is 1. The quantitative estimate of drug-likeness (QED) is 0.613. The molecular formula is C16H20N2O3. The van der Waals surface area contributed by atoms with Crippen LogP contribution >= 0.6 is 0 Å². The summed E-state index contributed by atoms with van der Waals surface area (Å²) >= 11 is 0. The van der Waals surface area contributed by atoms with Crippen LogP contribution in [0.5, 0.6) is 5.75 Å². The van der Waals surface area contributed by atoms with Crippen LogP contribution in [0.15, 0.2) is 24.3 Å². The van der Waals surface area contributed by atoms with E-state index < -0.39 is 0 Å². The van der Waals surface area contributed by atoms with E-state index in [2.05, 4.69) is 6.92 Å². The summed E-state index contributed by atoms with van der Waals surface area (Å²) in [5.74, 6) is 0.870. The van der Waals surface area contributed by atoms with Crippen molar-refractivity contribution in [2.45, 2.75) is 19.8 Å². The summed E-state index contributed by atoms with van der Waals surface area (Å²) in [6.45, 7) is 4.18. The predicted octanol–water partition coefficient (Wildman–Crippen LogP) is 1.67. The average molecular weight is 288 g/mol. The van der Waals surface area contributed by atoms with Gasteiger partial charge in [-0.15, -0.1) is 0 Å². The van der Waals surface area contributed by atoms with Crippen LogP contribution in [0.3, 0.4) is 0 Å². The predicted molar refractivity (Wildman–Crippen MR) is 79.3 cm³/mol. The van der Waals surface area contributed by atoms with E-state index in [1.807, 2.05) is 28.0 Å². The first-order valence-electron chi connectivity index (χ1n) is 7.46. The Labute approximate surface area is 124 Å². The van der Waals surface area contributed by atoms with Crippen LogP contribution in [-0.4, -0.2) is 43.0 Å². The van der Waals surface area contributed by atoms with Gasteiger partial charge in [0, 0.05) is 13.1 Å². The first-order chi connectivity index (χ1) is 10.1. The van der Waals surface area contributed by atoms with Gasteiger partial charge in [-0.2, -0.15) is 0 Å². The molecule has 2 aliphatic rings. The number of amides is 1. The maximum atomic E-state index is 12.5. The minimum absolute atomic E-state index is 0.0889. The Morgan fingerprint density at radius 1 is 1.38 bits per heavy atom. The number of para-hydroxylation sites is 2. The van der Waals surface area contributed by atoms with Crippen LogP contribution < -0.4 is 9.64 Å². The van der Waals surface area contributed by atoms with Crippen LogP contribution in [0.1, 0.15) is 19.8 Å². The second-order valence-electron chi connectivity index (χ2n) is 5.89. The van der Waals surface area contributed by atoms with Crippen LogP contribution in [0.25, 0.3) is 0 Å². The summed E-state index contributed by atoms with van der Waals surface area (Å²) in [7, 11) is 0. The zero-order chi connectivity index (χ0) is 14.8. The zero-order valence-corrected chi connectivity index (χ0v) is 12.2. The fraction of sp³-hybridized carbons (Fsp3) is 0.500. The highest BCUT2D eigenvalue weighted by atomic mass is 16.5. The van der Waals surface area contributed by atoms with Gasteiger partial charge < -0.3 is 14.5 Å². The van der Waals surface area contributed by atoms with Gasteiger partial charge in [0.25, 0.3) is 0 Å². The maximum Gasteiger partial charge on any atom is 0.331 e. The number of hydrogen-bond acceptors (Lipinski definition) is 4. The van der Waals surface area contributed by atoms with Gasteiger partial charge in [-0.05, 0) is 30.9 Å². The minimum Gasteiger partial charge on any atom is -0.423 e. The van der Waals surface area contributed by atoms with Crippen molar-refractivity contribution in [2.75, 3.05) is 31.1 Å². The van der Waals surface area contributed by atoms with Gasteiger partial charge in [-0.25, -0.2) is 4.79 Å². The number of ether oxygens (including phenoxy) is 1. The SMILES string of the molecule is CC1CCCN(C(=O)CN2CC(=O)Oc3ccccc32)C1. The molecule has 0 spiro atoms. The lowest BCUT2D eigenvalue weighted by molar-refractivity contribution is -0.134. The molecule has 1 aromatic carbocycles. The van der Waals surface area contributed by atoms with Crippen molar-refractivity contribution in [1.82, 2.24) is 4.90 Å². The molecule has 5 nitrogen and oxygen atoms in total. The molecule has 3 rings (SSSR count). The van der Waals surface area contributed by atoms with Crippen LogP contribution in [0, 0.1) is 5.92 Å². The van der Waals surface area contributed by atoms with Crippen molar-refractivity contribution >= 4 is 17.6 Å². The zero-order valence-electron chi connectivity index (χ0n) is 12.2. The fourth-order valence-corrected chi connectivity index (χ4v) is 3.02. The van der Waals surface area contributed by atoms with Crippen LogP contribution in [0.2, 0.25) is 0 Å². The van der Waals surface area contributed by atoms with Gasteiger partial charge in [-0.1, -0.05) is 19.1 Å². The van der Waals surface area contributed by atoms with E-state index >= 15 is 0 Å². The molecule has 0 bridgehead atoms. The van der Waals surface area contributed by atoms with Gasteiger partial charge in [0.1, 0.15) is 6.54 Å². The van der Waals surface area contributed by atoms with Gasteiger partial charge >= 0.3 is 5.97 Å². The number of carbonyl (C=O) groups excluding carboxylic acids is 2. The fourth-order valence-electron chi connectivity index (χ4n) is 3.02. The number of carbonyl (C=O) groups is 2. The van der Waals surface area contributed by atoms with Crippen molar-refractivity contribution < 1.29 is 14.3 Å². The van der Waals surface area contributed by atoms with Crippen molar-refractivity contribution in [2.24, 2.45) is 5.92 Å². The molecule has 1 fully saturated rings. The molecule has 112 valence electrons. The lowest BCUT2D eigenvalue weighted by Gasteiger charge is -2.34. The monoisotopic (exact) mass is 288 g/mol.